The fraction of sp³-hybridized carbons (Fsp3) is 0. The molecule has 0 spiro atoms. The summed E-state index contributed by atoms with van der Waals surface area (Å²) in [6.45, 7) is 0. The summed E-state index contributed by atoms with van der Waals surface area (Å²) in [5.74, 6) is 0. The standard InChI is InChI=1S/C54H32N2S/c1-2-8-48-45(6-1)46-25-24-43(32-50(46)53-52(48)55-26-27-56-53)42-23-22-40-30-39(20-21-41(40)31-42)38-19-18-36-28-35(16-17-37(36)29-38)33-12-14-34(15-13-33)44-9-5-10-49-47-7-3-4-11-51(47)57-54(44)49/h1-32H. The molecule has 2 aromatic heterocycles. The first-order valence-electron chi connectivity index (χ1n) is 19.4. The van der Waals surface area contributed by atoms with E-state index in [2.05, 4.69) is 182 Å². The van der Waals surface area contributed by atoms with Gasteiger partial charge in [-0.15, -0.1) is 11.3 Å². The molecule has 0 bridgehead atoms. The van der Waals surface area contributed by atoms with Gasteiger partial charge in [0.05, 0.1) is 11.0 Å². The summed E-state index contributed by atoms with van der Waals surface area (Å²) in [6, 6.07) is 66.9. The fourth-order valence-corrected chi connectivity index (χ4v) is 10.1. The Hall–Kier alpha value is -7.20. The first-order chi connectivity index (χ1) is 28.2. The Morgan fingerprint density at radius 3 is 1.40 bits per heavy atom. The molecule has 10 aromatic carbocycles. The molecule has 0 fully saturated rings. The van der Waals surface area contributed by atoms with Crippen LogP contribution in [0.1, 0.15) is 0 Å². The number of benzene rings is 10. The Morgan fingerprint density at radius 1 is 0.298 bits per heavy atom. The van der Waals surface area contributed by atoms with Crippen LogP contribution in [-0.4, -0.2) is 9.97 Å². The predicted molar refractivity (Wildman–Crippen MR) is 244 cm³/mol. The first kappa shape index (κ1) is 32.1. The molecule has 0 amide bonds. The van der Waals surface area contributed by atoms with Gasteiger partial charge in [-0.3, -0.25) is 9.97 Å². The van der Waals surface area contributed by atoms with Crippen LogP contribution in [0.15, 0.2) is 194 Å². The largest absolute Gasteiger partial charge is 0.252 e. The summed E-state index contributed by atoms with van der Waals surface area (Å²) in [5.41, 5.74) is 11.7. The van der Waals surface area contributed by atoms with Crippen LogP contribution in [0.5, 0.6) is 0 Å². The quantitative estimate of drug-likeness (QED) is 0.168. The molecule has 0 aliphatic carbocycles. The molecule has 0 radical (unpaired) electrons. The second-order valence-corrected chi connectivity index (χ2v) is 16.0. The lowest BCUT2D eigenvalue weighted by molar-refractivity contribution is 1.31. The molecular weight excluding hydrogens is 709 g/mol. The van der Waals surface area contributed by atoms with Gasteiger partial charge < -0.3 is 0 Å². The van der Waals surface area contributed by atoms with Crippen molar-refractivity contribution in [1.29, 1.82) is 0 Å². The molecule has 12 rings (SSSR count). The number of fused-ring (bicyclic) bond motifs is 11. The maximum atomic E-state index is 4.78. The highest BCUT2D eigenvalue weighted by Gasteiger charge is 2.13. The van der Waals surface area contributed by atoms with E-state index in [1.165, 1.54) is 97.0 Å². The third-order valence-corrected chi connectivity index (χ3v) is 12.9. The summed E-state index contributed by atoms with van der Waals surface area (Å²) < 4.78 is 2.69. The maximum Gasteiger partial charge on any atom is 0.0971 e. The molecule has 264 valence electrons. The molecule has 3 heteroatoms. The van der Waals surface area contributed by atoms with Gasteiger partial charge in [0.1, 0.15) is 0 Å². The van der Waals surface area contributed by atoms with Crippen LogP contribution in [0, 0.1) is 0 Å². The number of rotatable bonds is 4. The Labute approximate surface area is 333 Å². The van der Waals surface area contributed by atoms with E-state index >= 15 is 0 Å². The first-order valence-corrected chi connectivity index (χ1v) is 20.2. The lowest BCUT2D eigenvalue weighted by Gasteiger charge is -2.12. The number of thiophene rings is 1. The molecule has 12 aromatic rings. The van der Waals surface area contributed by atoms with Gasteiger partial charge in [-0.1, -0.05) is 146 Å². The Balaban J connectivity index is 0.835. The summed E-state index contributed by atoms with van der Waals surface area (Å²) >= 11 is 1.88. The second kappa shape index (κ2) is 12.7. The summed E-state index contributed by atoms with van der Waals surface area (Å²) in [7, 11) is 0. The zero-order valence-corrected chi connectivity index (χ0v) is 31.6. The molecule has 0 atom stereocenters. The number of hydrogen-bond acceptors (Lipinski definition) is 3. The van der Waals surface area contributed by atoms with Crippen molar-refractivity contribution in [1.82, 2.24) is 9.97 Å². The van der Waals surface area contributed by atoms with Gasteiger partial charge in [0, 0.05) is 43.3 Å². The van der Waals surface area contributed by atoms with E-state index in [0.29, 0.717) is 0 Å². The molecule has 0 unspecified atom stereocenters. The van der Waals surface area contributed by atoms with Gasteiger partial charge in [-0.05, 0) is 113 Å². The smallest absolute Gasteiger partial charge is 0.0971 e. The van der Waals surface area contributed by atoms with E-state index < -0.39 is 0 Å². The third-order valence-electron chi connectivity index (χ3n) is 11.7. The highest BCUT2D eigenvalue weighted by molar-refractivity contribution is 7.26. The van der Waals surface area contributed by atoms with Gasteiger partial charge >= 0.3 is 0 Å². The van der Waals surface area contributed by atoms with Crippen molar-refractivity contribution in [2.75, 3.05) is 0 Å². The van der Waals surface area contributed by atoms with Crippen molar-refractivity contribution >= 4 is 85.6 Å². The van der Waals surface area contributed by atoms with Crippen molar-refractivity contribution in [3.05, 3.63) is 194 Å². The SMILES string of the molecule is c1ccc2c(c1)sc1c(-c3ccc(-c4ccc5cc(-c6ccc7cc(-c8ccc9c%10ccccc%10c%10nccnc%10c9c8)ccc7c6)ccc5c4)cc3)cccc12. The highest BCUT2D eigenvalue weighted by atomic mass is 32.1. The van der Waals surface area contributed by atoms with Crippen LogP contribution in [0.4, 0.5) is 0 Å². The lowest BCUT2D eigenvalue weighted by Crippen LogP contribution is -1.89. The van der Waals surface area contributed by atoms with Crippen molar-refractivity contribution in [3.8, 4) is 44.5 Å². The molecule has 2 nitrogen and oxygen atoms in total. The van der Waals surface area contributed by atoms with E-state index in [-0.39, 0.29) is 0 Å². The highest BCUT2D eigenvalue weighted by Crippen LogP contribution is 2.41. The Bertz CT molecular complexity index is 3540. The molecule has 0 N–H and O–H groups in total. The third kappa shape index (κ3) is 5.24. The predicted octanol–water partition coefficient (Wildman–Crippen LogP) is 15.3. The molecular formula is C54H32N2S. The van der Waals surface area contributed by atoms with Gasteiger partial charge in [0.2, 0.25) is 0 Å². The Kier molecular flexibility index (Phi) is 7.13. The van der Waals surface area contributed by atoms with Crippen molar-refractivity contribution in [2.24, 2.45) is 0 Å². The van der Waals surface area contributed by atoms with Crippen LogP contribution >= 0.6 is 11.3 Å². The Morgan fingerprint density at radius 2 is 0.754 bits per heavy atom. The fourth-order valence-electron chi connectivity index (χ4n) is 8.84. The normalized spacial score (nSPS) is 11.9. The molecule has 0 saturated heterocycles. The average molecular weight is 741 g/mol. The summed E-state index contributed by atoms with van der Waals surface area (Å²) in [6.07, 6.45) is 3.57. The molecule has 0 aliphatic heterocycles. The topological polar surface area (TPSA) is 25.8 Å². The van der Waals surface area contributed by atoms with Gasteiger partial charge in [0.25, 0.3) is 0 Å². The summed E-state index contributed by atoms with van der Waals surface area (Å²) in [4.78, 5) is 9.51. The van der Waals surface area contributed by atoms with Crippen LogP contribution in [0.3, 0.4) is 0 Å². The van der Waals surface area contributed by atoms with Crippen molar-refractivity contribution < 1.29 is 0 Å². The van der Waals surface area contributed by atoms with Crippen molar-refractivity contribution in [2.45, 2.75) is 0 Å². The minimum Gasteiger partial charge on any atom is -0.252 e. The van der Waals surface area contributed by atoms with Crippen LogP contribution < -0.4 is 0 Å². The minimum absolute atomic E-state index is 0.941. The molecule has 0 aliphatic rings. The van der Waals surface area contributed by atoms with E-state index in [1.807, 2.05) is 11.3 Å². The number of nitrogens with zero attached hydrogens (tertiary/aromatic N) is 2. The van der Waals surface area contributed by atoms with E-state index in [1.54, 1.807) is 12.4 Å². The zero-order chi connectivity index (χ0) is 37.5. The van der Waals surface area contributed by atoms with E-state index in [4.69, 9.17) is 9.97 Å². The van der Waals surface area contributed by atoms with Gasteiger partial charge in [-0.25, -0.2) is 0 Å². The number of aromatic nitrogens is 2. The second-order valence-electron chi connectivity index (χ2n) is 15.0. The van der Waals surface area contributed by atoms with Gasteiger partial charge in [0.15, 0.2) is 0 Å². The van der Waals surface area contributed by atoms with E-state index in [0.717, 1.165) is 21.8 Å². The number of hydrogen-bond donors (Lipinski definition) is 0. The van der Waals surface area contributed by atoms with Crippen LogP contribution in [0.2, 0.25) is 0 Å². The van der Waals surface area contributed by atoms with E-state index in [9.17, 15) is 0 Å². The molecule has 0 saturated carbocycles. The van der Waals surface area contributed by atoms with Gasteiger partial charge in [-0.2, -0.15) is 0 Å². The van der Waals surface area contributed by atoms with Crippen molar-refractivity contribution in [3.63, 3.8) is 0 Å². The lowest BCUT2D eigenvalue weighted by atomic mass is 9.93. The molecule has 57 heavy (non-hydrogen) atoms. The zero-order valence-electron chi connectivity index (χ0n) is 30.8. The van der Waals surface area contributed by atoms with Crippen LogP contribution in [0.25, 0.3) is 119 Å². The average Bonchev–Trinajstić information content (AvgIpc) is 3.67. The summed E-state index contributed by atoms with van der Waals surface area (Å²) in [5, 5.41) is 12.3. The maximum absolute atomic E-state index is 4.78. The minimum atomic E-state index is 0.941. The monoisotopic (exact) mass is 740 g/mol. The van der Waals surface area contributed by atoms with Crippen LogP contribution in [-0.2, 0) is 0 Å². The molecule has 2 heterocycles.